The largest absolute Gasteiger partial charge is 0.573 e. The molecule has 9 heteroatoms. The van der Waals surface area contributed by atoms with Gasteiger partial charge in [0.1, 0.15) is 10.6 Å². The molecule has 0 bridgehead atoms. The third-order valence-corrected chi connectivity index (χ3v) is 4.99. The van der Waals surface area contributed by atoms with Crippen molar-refractivity contribution in [2.24, 2.45) is 0 Å². The number of para-hydroxylation sites is 1. The Bertz CT molecular complexity index is 794. The molecule has 2 aromatic rings. The standard InChI is InChI=1S/C14H11BrF3NO3S/c15-11-6-2-1-5-10(11)9-19-23(20,21)13-8-4-3-7-12(13)22-14(16,17)18/h1-8,19H,9H2. The molecule has 124 valence electrons. The minimum Gasteiger partial charge on any atom is -0.404 e. The molecule has 0 fully saturated rings. The van der Waals surface area contributed by atoms with Crippen molar-refractivity contribution in [2.45, 2.75) is 17.8 Å². The number of ether oxygens (including phenoxy) is 1. The summed E-state index contributed by atoms with van der Waals surface area (Å²) in [5.41, 5.74) is 0.644. The maximum Gasteiger partial charge on any atom is 0.573 e. The van der Waals surface area contributed by atoms with Crippen LogP contribution in [0, 0.1) is 0 Å². The van der Waals surface area contributed by atoms with Crippen LogP contribution in [0.4, 0.5) is 13.2 Å². The van der Waals surface area contributed by atoms with Crippen LogP contribution in [-0.4, -0.2) is 14.8 Å². The summed E-state index contributed by atoms with van der Waals surface area (Å²) in [6, 6.07) is 11.5. The number of halogens is 4. The lowest BCUT2D eigenvalue weighted by molar-refractivity contribution is -0.275. The van der Waals surface area contributed by atoms with Crippen LogP contribution in [0.15, 0.2) is 57.9 Å². The predicted octanol–water partition coefficient (Wildman–Crippen LogP) is 3.83. The summed E-state index contributed by atoms with van der Waals surface area (Å²) in [4.78, 5) is -0.579. The van der Waals surface area contributed by atoms with E-state index in [1.807, 2.05) is 0 Å². The Hall–Kier alpha value is -1.58. The van der Waals surface area contributed by atoms with Crippen molar-refractivity contribution in [1.82, 2.24) is 4.72 Å². The molecule has 0 aliphatic carbocycles. The van der Waals surface area contributed by atoms with E-state index >= 15 is 0 Å². The van der Waals surface area contributed by atoms with Crippen molar-refractivity contribution in [3.63, 3.8) is 0 Å². The molecule has 23 heavy (non-hydrogen) atoms. The zero-order chi connectivity index (χ0) is 17.1. The van der Waals surface area contributed by atoms with Crippen LogP contribution in [0.3, 0.4) is 0 Å². The second-order valence-corrected chi connectivity index (χ2v) is 7.00. The number of rotatable bonds is 5. The monoisotopic (exact) mass is 409 g/mol. The van der Waals surface area contributed by atoms with E-state index < -0.39 is 27.0 Å². The van der Waals surface area contributed by atoms with Crippen molar-refractivity contribution >= 4 is 26.0 Å². The highest BCUT2D eigenvalue weighted by molar-refractivity contribution is 9.10. The first kappa shape index (κ1) is 17.8. The lowest BCUT2D eigenvalue weighted by Gasteiger charge is -2.14. The highest BCUT2D eigenvalue weighted by Crippen LogP contribution is 2.29. The second-order valence-electron chi connectivity index (χ2n) is 4.41. The summed E-state index contributed by atoms with van der Waals surface area (Å²) < 4.78 is 68.3. The fourth-order valence-electron chi connectivity index (χ4n) is 1.77. The highest BCUT2D eigenvalue weighted by Gasteiger charge is 2.33. The maximum atomic E-state index is 12.4. The van der Waals surface area contributed by atoms with Crippen molar-refractivity contribution in [1.29, 1.82) is 0 Å². The number of hydrogen-bond acceptors (Lipinski definition) is 3. The molecule has 4 nitrogen and oxygen atoms in total. The summed E-state index contributed by atoms with van der Waals surface area (Å²) in [5.74, 6) is -0.778. The van der Waals surface area contributed by atoms with Crippen molar-refractivity contribution in [2.75, 3.05) is 0 Å². The normalized spacial score (nSPS) is 12.2. The van der Waals surface area contributed by atoms with Crippen molar-refractivity contribution in [3.8, 4) is 5.75 Å². The fraction of sp³-hybridized carbons (Fsp3) is 0.143. The molecule has 0 heterocycles. The smallest absolute Gasteiger partial charge is 0.404 e. The summed E-state index contributed by atoms with van der Waals surface area (Å²) in [7, 11) is -4.17. The molecule has 0 amide bonds. The maximum absolute atomic E-state index is 12.4. The van der Waals surface area contributed by atoms with E-state index in [0.29, 0.717) is 10.0 Å². The third kappa shape index (κ3) is 4.95. The van der Waals surface area contributed by atoms with Gasteiger partial charge in [-0.05, 0) is 23.8 Å². The van der Waals surface area contributed by atoms with Crippen LogP contribution in [0.5, 0.6) is 5.75 Å². The van der Waals surface area contributed by atoms with E-state index in [4.69, 9.17) is 0 Å². The molecule has 2 aromatic carbocycles. The minimum atomic E-state index is -4.98. The van der Waals surface area contributed by atoms with Gasteiger partial charge >= 0.3 is 6.36 Å². The Morgan fingerprint density at radius 1 is 1.04 bits per heavy atom. The summed E-state index contributed by atoms with van der Waals surface area (Å²) in [6.45, 7) is -0.0793. The quantitative estimate of drug-likeness (QED) is 0.816. The average Bonchev–Trinajstić information content (AvgIpc) is 2.45. The molecule has 2 rings (SSSR count). The Morgan fingerprint density at radius 3 is 2.30 bits per heavy atom. The molecule has 0 saturated carbocycles. The Morgan fingerprint density at radius 2 is 1.65 bits per heavy atom. The molecule has 1 N–H and O–H groups in total. The molecule has 0 atom stereocenters. The first-order valence-corrected chi connectivity index (χ1v) is 8.54. The van der Waals surface area contributed by atoms with Gasteiger partial charge in [-0.2, -0.15) is 0 Å². The minimum absolute atomic E-state index is 0.0793. The number of hydrogen-bond donors (Lipinski definition) is 1. The Labute approximate surface area is 139 Å². The van der Waals surface area contributed by atoms with Gasteiger partial charge in [0, 0.05) is 11.0 Å². The van der Waals surface area contributed by atoms with Gasteiger partial charge < -0.3 is 4.74 Å². The van der Waals surface area contributed by atoms with Gasteiger partial charge in [0.05, 0.1) is 0 Å². The lowest BCUT2D eigenvalue weighted by Crippen LogP contribution is -2.25. The molecule has 0 aromatic heterocycles. The van der Waals surface area contributed by atoms with Gasteiger partial charge in [-0.3, -0.25) is 0 Å². The second kappa shape index (κ2) is 6.90. The van der Waals surface area contributed by atoms with Crippen LogP contribution in [0.25, 0.3) is 0 Å². The van der Waals surface area contributed by atoms with E-state index in [0.717, 1.165) is 12.1 Å². The number of sulfonamides is 1. The SMILES string of the molecule is O=S(=O)(NCc1ccccc1Br)c1ccccc1OC(F)(F)F. The van der Waals surface area contributed by atoms with Gasteiger partial charge in [-0.25, -0.2) is 13.1 Å². The van der Waals surface area contributed by atoms with Crippen molar-refractivity contribution in [3.05, 3.63) is 58.6 Å². The van der Waals surface area contributed by atoms with Crippen LogP contribution >= 0.6 is 15.9 Å². The van der Waals surface area contributed by atoms with Gasteiger partial charge in [0.15, 0.2) is 0 Å². The number of benzene rings is 2. The van der Waals surface area contributed by atoms with E-state index in [2.05, 4.69) is 25.4 Å². The van der Waals surface area contributed by atoms with Crippen LogP contribution in [0.2, 0.25) is 0 Å². The van der Waals surface area contributed by atoms with Crippen LogP contribution in [0.1, 0.15) is 5.56 Å². The summed E-state index contributed by atoms with van der Waals surface area (Å²) in [5, 5.41) is 0. The first-order chi connectivity index (χ1) is 10.7. The van der Waals surface area contributed by atoms with E-state index in [-0.39, 0.29) is 6.54 Å². The average molecular weight is 410 g/mol. The molecule has 0 unspecified atom stereocenters. The first-order valence-electron chi connectivity index (χ1n) is 6.27. The Kier molecular flexibility index (Phi) is 5.33. The topological polar surface area (TPSA) is 55.4 Å². The zero-order valence-electron chi connectivity index (χ0n) is 11.5. The molecular weight excluding hydrogens is 399 g/mol. The number of alkyl halides is 3. The fourth-order valence-corrected chi connectivity index (χ4v) is 3.33. The van der Waals surface area contributed by atoms with E-state index in [9.17, 15) is 21.6 Å². The third-order valence-electron chi connectivity index (χ3n) is 2.77. The molecule has 0 saturated heterocycles. The molecule has 0 aliphatic heterocycles. The van der Waals surface area contributed by atoms with E-state index in [1.165, 1.54) is 12.1 Å². The van der Waals surface area contributed by atoms with Crippen LogP contribution in [-0.2, 0) is 16.6 Å². The highest BCUT2D eigenvalue weighted by atomic mass is 79.9. The van der Waals surface area contributed by atoms with Gasteiger partial charge in [0.2, 0.25) is 10.0 Å². The molecule has 0 radical (unpaired) electrons. The zero-order valence-corrected chi connectivity index (χ0v) is 13.9. The van der Waals surface area contributed by atoms with E-state index in [1.54, 1.807) is 24.3 Å². The van der Waals surface area contributed by atoms with Gasteiger partial charge in [-0.1, -0.05) is 46.3 Å². The lowest BCUT2D eigenvalue weighted by atomic mass is 10.2. The molecular formula is C14H11BrF3NO3S. The van der Waals surface area contributed by atoms with Gasteiger partial charge in [-0.15, -0.1) is 13.2 Å². The predicted molar refractivity (Wildman–Crippen MR) is 81.3 cm³/mol. The number of nitrogens with one attached hydrogen (secondary N) is 1. The molecule has 0 aliphatic rings. The summed E-state index contributed by atoms with van der Waals surface area (Å²) in [6.07, 6.45) is -4.98. The van der Waals surface area contributed by atoms with Crippen molar-refractivity contribution < 1.29 is 26.3 Å². The van der Waals surface area contributed by atoms with Crippen LogP contribution < -0.4 is 9.46 Å². The molecule has 0 spiro atoms. The summed E-state index contributed by atoms with van der Waals surface area (Å²) >= 11 is 3.27. The Balaban J connectivity index is 2.25. The van der Waals surface area contributed by atoms with Gasteiger partial charge in [0.25, 0.3) is 0 Å².